The van der Waals surface area contributed by atoms with Crippen LogP contribution >= 0.6 is 22.7 Å². The summed E-state index contributed by atoms with van der Waals surface area (Å²) < 4.78 is 1.50. The van der Waals surface area contributed by atoms with E-state index in [1.54, 1.807) is 65.9 Å². The molecule has 0 atom stereocenters. The van der Waals surface area contributed by atoms with Crippen molar-refractivity contribution in [2.24, 2.45) is 0 Å². The van der Waals surface area contributed by atoms with Crippen LogP contribution in [-0.2, 0) is 0 Å². The largest absolute Gasteiger partial charge is 0.477 e. The number of aromatic nitrogens is 43. The lowest BCUT2D eigenvalue weighted by molar-refractivity contribution is 0.0680. The lowest BCUT2D eigenvalue weighted by Gasteiger charge is -2.12. The van der Waals surface area contributed by atoms with Gasteiger partial charge in [-0.1, -0.05) is 86.4 Å². The summed E-state index contributed by atoms with van der Waals surface area (Å²) in [5.74, 6) is 1.14. The fraction of sp³-hybridized carbons (Fsp3) is 0.0395. The molecular formula is C76H55N43O4S2Si. The van der Waals surface area contributed by atoms with Gasteiger partial charge in [0.15, 0.2) is 11.6 Å². The van der Waals surface area contributed by atoms with Gasteiger partial charge in [0.05, 0.1) is 76.4 Å². The highest BCUT2D eigenvalue weighted by Gasteiger charge is 2.23. The van der Waals surface area contributed by atoms with Crippen LogP contribution in [-0.4, -0.2) is 250 Å². The summed E-state index contributed by atoms with van der Waals surface area (Å²) in [7, 11) is -1.37. The number of rotatable bonds is 19. The monoisotopic (exact) mass is 1730 g/mol. The van der Waals surface area contributed by atoms with E-state index in [0.717, 1.165) is 10.4 Å². The van der Waals surface area contributed by atoms with E-state index in [9.17, 15) is 9.59 Å². The van der Waals surface area contributed by atoms with Crippen LogP contribution in [0.3, 0.4) is 0 Å². The van der Waals surface area contributed by atoms with Crippen molar-refractivity contribution in [1.82, 2.24) is 220 Å². The maximum absolute atomic E-state index is 10.9. The first-order valence-electron chi connectivity index (χ1n) is 37.0. The average Bonchev–Trinajstić information content (AvgIpc) is 1.56. The summed E-state index contributed by atoms with van der Waals surface area (Å²) in [5.41, 5.74) is 13.5. The molecule has 0 fully saturated rings. The molecule has 0 spiro atoms. The third-order valence-corrected chi connectivity index (χ3v) is 23.4. The molecule has 10 N–H and O–H groups in total. The van der Waals surface area contributed by atoms with Gasteiger partial charge in [-0.25, -0.2) is 74.6 Å². The lowest BCUT2D eigenvalue weighted by atomic mass is 10.1. The number of aromatic carboxylic acids is 2. The highest BCUT2D eigenvalue weighted by molar-refractivity contribution is 7.31. The molecule has 47 nitrogen and oxygen atoms in total. The first kappa shape index (κ1) is 80.2. The van der Waals surface area contributed by atoms with Crippen molar-refractivity contribution in [1.29, 1.82) is 0 Å². The fourth-order valence-corrected chi connectivity index (χ4v) is 15.6. The van der Waals surface area contributed by atoms with Gasteiger partial charge in [-0.3, -0.25) is 0 Å². The number of hydrogen-bond donors (Lipinski definition) is 10. The Bertz CT molecular complexity index is 6940. The van der Waals surface area contributed by atoms with Crippen LogP contribution in [0.5, 0.6) is 0 Å². The van der Waals surface area contributed by atoms with Gasteiger partial charge >= 0.3 is 11.9 Å². The van der Waals surface area contributed by atoms with E-state index >= 15 is 0 Å². The number of aromatic amines is 8. The van der Waals surface area contributed by atoms with Gasteiger partial charge in [0, 0.05) is 14.6 Å². The minimum atomic E-state index is -1.37. The summed E-state index contributed by atoms with van der Waals surface area (Å²) in [6.45, 7) is 7.14. The number of carbonyl (C=O) groups is 2. The predicted octanol–water partition coefficient (Wildman–Crippen LogP) is 8.62. The van der Waals surface area contributed by atoms with E-state index in [4.69, 9.17) is 30.1 Å². The van der Waals surface area contributed by atoms with E-state index in [0.29, 0.717) is 155 Å². The topological polar surface area (TPSA) is 652 Å². The normalized spacial score (nSPS) is 10.9. The second-order valence-corrected chi connectivity index (χ2v) is 34.4. The first-order valence-corrected chi connectivity index (χ1v) is 42.2. The number of tetrazole rings is 8. The Hall–Kier alpha value is -18.2. The Labute approximate surface area is 713 Å². The Morgan fingerprint density at radius 3 is 0.802 bits per heavy atom. The van der Waals surface area contributed by atoms with Crippen LogP contribution in [0.15, 0.2) is 218 Å². The van der Waals surface area contributed by atoms with Gasteiger partial charge in [-0.2, -0.15) is 31.3 Å². The molecule has 21 aromatic heterocycles. The molecule has 0 saturated heterocycles. The fourth-order valence-electron chi connectivity index (χ4n) is 11.6. The van der Waals surface area contributed by atoms with Crippen LogP contribution < -0.4 is 4.50 Å². The maximum atomic E-state index is 10.9. The van der Waals surface area contributed by atoms with Crippen molar-refractivity contribution in [3.05, 3.63) is 230 Å². The zero-order chi connectivity index (χ0) is 86.1. The molecule has 0 unspecified atom stereocenters. The van der Waals surface area contributed by atoms with Crippen molar-refractivity contribution >= 4 is 47.2 Å². The van der Waals surface area contributed by atoms with Crippen LogP contribution in [0.1, 0.15) is 21.0 Å². The summed E-state index contributed by atoms with van der Waals surface area (Å²) in [5, 5.41) is 128. The molecule has 21 rings (SSSR count). The standard InChI is InChI=1S/C28H23N11S2Si.C17H11N11.C12H8N10.C12H8N6O2.C7H5N5O2/c1-42(2,3)26-13-12-25(41-26)24-11-10-23(40-24)16-14-21(17-6-4-8-19(29-17)27-32-36-37-33-27)31-22(15-16)18-7-5-9-20(30-18)28-34-38-39-35-28;1-4-10(12-6-2-8-14(19-12)16-21-25-26-22-16)18-11(5-1)13-7-3-9-15(20-13)17-23-27-28-24-17;1-3-7(13-9(5-1)11-15-19-20-16-11)8-4-2-6-10(14-8)12-17-21-22-18-12;19-12(20)10-6-2-4-8(14-10)7-3-1-5-9(13-7)11-15-17-18-16-11;13-7(14)5-3-1-2-4(8-5)6-9-11-12-10-6/h4-15H,1-3H3,(H,32,33,36,37)(H,34,35,38,39);1-9H,(H,21,22,25,26)(H,23,24,27,28);1-6H,(H,15,16,19,20)(H,17,18,21,22);1-6H,(H,19,20)(H,15,16,17,18);1-3H,(H,13,14)(H,9,10,11,12). The summed E-state index contributed by atoms with van der Waals surface area (Å²) in [4.78, 5) is 74.9. The molecule has 126 heavy (non-hydrogen) atoms. The van der Waals surface area contributed by atoms with E-state index in [-0.39, 0.29) is 17.2 Å². The first-order chi connectivity index (χ1) is 61.7. The number of nitrogens with zero attached hydrogens (tertiary/aromatic N) is 35. The number of carboxylic acids is 2. The molecule has 0 saturated carbocycles. The van der Waals surface area contributed by atoms with Crippen LogP contribution in [0, 0.1) is 0 Å². The third kappa shape index (κ3) is 19.2. The van der Waals surface area contributed by atoms with Gasteiger partial charge in [0.1, 0.15) is 56.9 Å². The van der Waals surface area contributed by atoms with Crippen molar-refractivity contribution < 1.29 is 19.8 Å². The molecule has 0 bridgehead atoms. The Balaban J connectivity index is 0.000000117. The summed E-state index contributed by atoms with van der Waals surface area (Å²) >= 11 is 3.67. The molecule has 0 aliphatic carbocycles. The Morgan fingerprint density at radius 1 is 0.262 bits per heavy atom. The number of thiophene rings is 2. The second-order valence-electron chi connectivity index (χ2n) is 26.8. The smallest absolute Gasteiger partial charge is 0.354 e. The molecule has 50 heteroatoms. The van der Waals surface area contributed by atoms with Gasteiger partial charge < -0.3 is 10.2 Å². The molecule has 21 aromatic rings. The van der Waals surface area contributed by atoms with Gasteiger partial charge in [0.25, 0.3) is 0 Å². The van der Waals surface area contributed by atoms with E-state index < -0.39 is 20.0 Å². The van der Waals surface area contributed by atoms with Gasteiger partial charge in [-0.15, -0.1) is 94.1 Å². The molecule has 0 amide bonds. The van der Waals surface area contributed by atoms with E-state index in [2.05, 4.69) is 256 Å². The molecule has 0 aliphatic rings. The lowest BCUT2D eigenvalue weighted by Crippen LogP contribution is -2.34. The minimum absolute atomic E-state index is 0.0331. The third-order valence-electron chi connectivity index (χ3n) is 17.4. The van der Waals surface area contributed by atoms with Crippen LogP contribution in [0.25, 0.3) is 181 Å². The highest BCUT2D eigenvalue weighted by Crippen LogP contribution is 2.40. The molecule has 0 aromatic carbocycles. The maximum Gasteiger partial charge on any atom is 0.354 e. The molecule has 614 valence electrons. The van der Waals surface area contributed by atoms with Crippen molar-refractivity contribution in [3.63, 3.8) is 0 Å². The number of carboxylic acid groups (broad SMARTS) is 2. The second kappa shape index (κ2) is 37.0. The zero-order valence-electron chi connectivity index (χ0n) is 65.0. The molecular weight excluding hydrogens is 1670 g/mol. The van der Waals surface area contributed by atoms with Gasteiger partial charge in [-0.05, 0) is 214 Å². The minimum Gasteiger partial charge on any atom is -0.477 e. The number of pyridine rings is 11. The summed E-state index contributed by atoms with van der Waals surface area (Å²) in [6, 6.07) is 66.8. The number of hydrogen-bond acceptors (Lipinski definition) is 39. The van der Waals surface area contributed by atoms with E-state index in [1.165, 1.54) is 26.4 Å². The number of H-pyrrole nitrogens is 8. The van der Waals surface area contributed by atoms with Crippen molar-refractivity contribution in [2.75, 3.05) is 0 Å². The molecule has 21 heterocycles. The SMILES string of the molecule is C[Si](C)(C)c1ccc(-c2ccc(-c3cc(-c4cccc(-c5nnn[nH]5)n4)nc(-c4cccc(-c5nnn[nH]5)n4)c3)s2)s1.O=C(O)c1cccc(-c2cccc(-c3nn[nH]n3)n2)n1.O=C(O)c1cccc(-c2nn[nH]n2)n1.c1cc(-c2cccc(-c3nn[nH]n3)n2)nc(-c2cccc(-c3nn[nH]n3)n2)c1.c1cc(-c2cccc(-c3nn[nH]n3)n2)nc(-c2nn[nH]n2)c1. The van der Waals surface area contributed by atoms with E-state index in [1.807, 2.05) is 127 Å². The van der Waals surface area contributed by atoms with Crippen molar-refractivity contribution in [3.8, 4) is 181 Å². The zero-order valence-corrected chi connectivity index (χ0v) is 67.6. The predicted molar refractivity (Wildman–Crippen MR) is 449 cm³/mol. The Kier molecular flexibility index (Phi) is 23.5. The summed E-state index contributed by atoms with van der Waals surface area (Å²) in [6.07, 6.45) is 0. The number of nitrogens with one attached hydrogen (secondary N) is 8. The van der Waals surface area contributed by atoms with Crippen LogP contribution in [0.2, 0.25) is 19.6 Å². The molecule has 0 radical (unpaired) electrons. The van der Waals surface area contributed by atoms with Crippen LogP contribution in [0.4, 0.5) is 0 Å². The highest BCUT2D eigenvalue weighted by atomic mass is 32.1. The average molecular weight is 1730 g/mol. The molecule has 0 aliphatic heterocycles. The Morgan fingerprint density at radius 2 is 0.508 bits per heavy atom. The quantitative estimate of drug-likeness (QED) is 0.0338. The van der Waals surface area contributed by atoms with Crippen molar-refractivity contribution in [2.45, 2.75) is 19.6 Å². The van der Waals surface area contributed by atoms with Gasteiger partial charge in [0.2, 0.25) is 34.9 Å².